The van der Waals surface area contributed by atoms with Crippen LogP contribution in [0.5, 0.6) is 0 Å². The van der Waals surface area contributed by atoms with Crippen LogP contribution in [-0.4, -0.2) is 32.9 Å². The molecule has 0 bridgehead atoms. The maximum atomic E-state index is 2.49. The van der Waals surface area contributed by atoms with Gasteiger partial charge in [-0.15, -0.1) is 0 Å². The van der Waals surface area contributed by atoms with Gasteiger partial charge in [0.05, 0.1) is 0 Å². The molecule has 1 saturated carbocycles. The Morgan fingerprint density at radius 2 is 0.760 bits per heavy atom. The molecule has 0 radical (unpaired) electrons. The van der Waals surface area contributed by atoms with E-state index in [-0.39, 0.29) is 15.8 Å². The van der Waals surface area contributed by atoms with Gasteiger partial charge in [0.2, 0.25) is 0 Å². The van der Waals surface area contributed by atoms with Crippen LogP contribution in [0.4, 0.5) is 0 Å². The van der Waals surface area contributed by atoms with Gasteiger partial charge in [-0.25, -0.2) is 0 Å². The fourth-order valence-electron chi connectivity index (χ4n) is 5.17. The molecule has 1 rings (SSSR count). The lowest BCUT2D eigenvalue weighted by atomic mass is 10.0. The molecule has 2 atom stereocenters. The minimum absolute atomic E-state index is 0.0456. The molecule has 2 heteroatoms. The highest BCUT2D eigenvalue weighted by molar-refractivity contribution is 7.61. The lowest BCUT2D eigenvalue weighted by Crippen LogP contribution is -2.32. The Morgan fingerprint density at radius 1 is 0.520 bits per heavy atom. The van der Waals surface area contributed by atoms with Crippen LogP contribution in [0.2, 0.25) is 0 Å². The molecule has 0 N–H and O–H groups in total. The van der Waals surface area contributed by atoms with Crippen molar-refractivity contribution in [3.63, 3.8) is 0 Å². The highest BCUT2D eigenvalue weighted by atomic mass is 31.1. The molecule has 1 aliphatic carbocycles. The molecule has 0 saturated heterocycles. The number of hydrogen-bond acceptors (Lipinski definition) is 0. The van der Waals surface area contributed by atoms with Crippen LogP contribution in [0.3, 0.4) is 0 Å². The largest absolute Gasteiger partial charge is 0.0954 e. The zero-order chi connectivity index (χ0) is 19.8. The summed E-state index contributed by atoms with van der Waals surface area (Å²) < 4.78 is 0. The predicted octanol–water partition coefficient (Wildman–Crippen LogP) is 8.56. The van der Waals surface area contributed by atoms with Crippen LogP contribution in [0.1, 0.15) is 102 Å². The Morgan fingerprint density at radius 3 is 0.960 bits per heavy atom. The monoisotopic (exact) mass is 386 g/mol. The van der Waals surface area contributed by atoms with E-state index in [9.17, 15) is 0 Å². The van der Waals surface area contributed by atoms with Gasteiger partial charge < -0.3 is 0 Å². The van der Waals surface area contributed by atoms with E-state index in [0.717, 1.165) is 11.8 Å². The summed E-state index contributed by atoms with van der Waals surface area (Å²) in [5, 5.41) is 1.89. The van der Waals surface area contributed by atoms with Crippen molar-refractivity contribution in [2.45, 2.75) is 123 Å². The average molecular weight is 387 g/mol. The topological polar surface area (TPSA) is 0 Å². The van der Waals surface area contributed by atoms with Crippen LogP contribution in [0.25, 0.3) is 0 Å². The van der Waals surface area contributed by atoms with Gasteiger partial charge in [-0.2, -0.15) is 0 Å². The average Bonchev–Trinajstić information content (AvgIpc) is 2.74. The minimum atomic E-state index is 0.0456. The molecule has 0 spiro atoms. The van der Waals surface area contributed by atoms with Crippen molar-refractivity contribution in [2.75, 3.05) is 12.3 Å². The van der Waals surface area contributed by atoms with Crippen molar-refractivity contribution in [1.82, 2.24) is 0 Å². The van der Waals surface area contributed by atoms with Crippen molar-refractivity contribution in [3.8, 4) is 0 Å². The van der Waals surface area contributed by atoms with E-state index in [0.29, 0.717) is 20.6 Å². The Balaban J connectivity index is 2.95. The third-order valence-electron chi connectivity index (χ3n) is 5.89. The second kappa shape index (κ2) is 8.08. The summed E-state index contributed by atoms with van der Waals surface area (Å²) in [5.41, 5.74) is 0. The molecule has 0 aromatic rings. The fourth-order valence-corrected chi connectivity index (χ4v) is 13.3. The first kappa shape index (κ1) is 23.9. The Labute approximate surface area is 163 Å². The normalized spacial score (nSPS) is 23.8. The Kier molecular flexibility index (Phi) is 7.72. The first-order valence-electron chi connectivity index (χ1n) is 10.5. The Bertz CT molecular complexity index is 343. The fraction of sp³-hybridized carbons (Fsp3) is 1.00. The van der Waals surface area contributed by atoms with Gasteiger partial charge in [0.25, 0.3) is 0 Å². The van der Waals surface area contributed by atoms with Crippen LogP contribution >= 0.6 is 15.8 Å². The van der Waals surface area contributed by atoms with Gasteiger partial charge >= 0.3 is 0 Å². The van der Waals surface area contributed by atoms with E-state index in [1.54, 1.807) is 0 Å². The lowest BCUT2D eigenvalue weighted by Gasteiger charge is -2.46. The molecule has 0 aliphatic heterocycles. The zero-order valence-electron chi connectivity index (χ0n) is 19.6. The van der Waals surface area contributed by atoms with Gasteiger partial charge in [0.1, 0.15) is 0 Å². The van der Waals surface area contributed by atoms with E-state index >= 15 is 0 Å². The van der Waals surface area contributed by atoms with E-state index in [1.807, 2.05) is 0 Å². The highest BCUT2D eigenvalue weighted by Gasteiger charge is 2.42. The summed E-state index contributed by atoms with van der Waals surface area (Å²) in [6.07, 6.45) is 7.47. The molecule has 0 amide bonds. The van der Waals surface area contributed by atoms with Gasteiger partial charge in [-0.1, -0.05) is 105 Å². The zero-order valence-corrected chi connectivity index (χ0v) is 21.4. The van der Waals surface area contributed by atoms with Gasteiger partial charge in [0, 0.05) is 0 Å². The molecule has 25 heavy (non-hydrogen) atoms. The molecular weight excluding hydrogens is 338 g/mol. The third kappa shape index (κ3) is 7.07. The summed E-state index contributed by atoms with van der Waals surface area (Å²) >= 11 is 0. The first-order valence-corrected chi connectivity index (χ1v) is 13.5. The number of rotatable bonds is 4. The molecule has 0 aromatic carbocycles. The van der Waals surface area contributed by atoms with Gasteiger partial charge in [-0.3, -0.25) is 0 Å². The third-order valence-corrected chi connectivity index (χ3v) is 14.0. The van der Waals surface area contributed by atoms with Crippen molar-refractivity contribution in [2.24, 2.45) is 11.8 Å². The van der Waals surface area contributed by atoms with Crippen molar-refractivity contribution < 1.29 is 0 Å². The summed E-state index contributed by atoms with van der Waals surface area (Å²) in [5.74, 6) is 1.97. The molecule has 0 nitrogen and oxygen atoms in total. The lowest BCUT2D eigenvalue weighted by molar-refractivity contribution is 0.457. The van der Waals surface area contributed by atoms with Crippen molar-refractivity contribution >= 4 is 15.8 Å². The van der Waals surface area contributed by atoms with Crippen molar-refractivity contribution in [3.05, 3.63) is 0 Å². The first-order chi connectivity index (χ1) is 10.9. The summed E-state index contributed by atoms with van der Waals surface area (Å²) in [4.78, 5) is 0. The second-order valence-electron chi connectivity index (χ2n) is 12.4. The molecular formula is C23H48P2. The predicted molar refractivity (Wildman–Crippen MR) is 123 cm³/mol. The maximum absolute atomic E-state index is 2.49. The van der Waals surface area contributed by atoms with Crippen LogP contribution in [0, 0.1) is 11.8 Å². The van der Waals surface area contributed by atoms with E-state index < -0.39 is 0 Å². The van der Waals surface area contributed by atoms with E-state index in [4.69, 9.17) is 0 Å². The van der Waals surface area contributed by atoms with Gasteiger partial charge in [0.15, 0.2) is 0 Å². The van der Waals surface area contributed by atoms with Crippen LogP contribution in [0.15, 0.2) is 0 Å². The quantitative estimate of drug-likeness (QED) is 0.424. The number of hydrogen-bond donors (Lipinski definition) is 0. The maximum Gasteiger partial charge on any atom is -0.0175 e. The molecule has 0 unspecified atom stereocenters. The summed E-state index contributed by atoms with van der Waals surface area (Å²) in [6.45, 7) is 29.9. The smallest absolute Gasteiger partial charge is 0.0175 e. The van der Waals surface area contributed by atoms with E-state index in [2.05, 4.69) is 83.1 Å². The van der Waals surface area contributed by atoms with Crippen LogP contribution < -0.4 is 0 Å². The molecule has 0 aromatic heterocycles. The van der Waals surface area contributed by atoms with Crippen LogP contribution in [-0.2, 0) is 0 Å². The van der Waals surface area contributed by atoms with E-state index in [1.165, 1.54) is 31.6 Å². The second-order valence-corrected chi connectivity index (χ2v) is 20.2. The highest BCUT2D eigenvalue weighted by Crippen LogP contribution is 2.64. The molecule has 1 fully saturated rings. The molecule has 0 heterocycles. The molecule has 1 aliphatic rings. The van der Waals surface area contributed by atoms with Crippen molar-refractivity contribution in [1.29, 1.82) is 0 Å². The SMILES string of the molecule is CC(C)(C)P(C[C@H]1CCC[C@H]1CP(C(C)(C)C)C(C)(C)C)C(C)(C)C. The van der Waals surface area contributed by atoms with Gasteiger partial charge in [-0.05, 0) is 57.6 Å². The minimum Gasteiger partial charge on any atom is -0.0954 e. The Hall–Kier alpha value is 0.860. The molecule has 150 valence electrons. The standard InChI is InChI=1S/C23H48P2/c1-20(2,3)24(21(4,5)6)16-18-14-13-15-19(18)17-25(22(7,8)9)23(10,11)12/h18-19H,13-17H2,1-12H3/t18-,19+. The summed E-state index contributed by atoms with van der Waals surface area (Å²) in [6, 6.07) is 0. The summed E-state index contributed by atoms with van der Waals surface area (Å²) in [7, 11) is 0.0912.